The van der Waals surface area contributed by atoms with E-state index in [-0.39, 0.29) is 25.0 Å². The molecule has 3 rings (SSSR count). The molecule has 0 spiro atoms. The fourth-order valence-electron chi connectivity index (χ4n) is 3.83. The lowest BCUT2D eigenvalue weighted by molar-refractivity contribution is -0.128. The van der Waals surface area contributed by atoms with E-state index in [4.69, 9.17) is 32.7 Å². The second-order valence-corrected chi connectivity index (χ2v) is 10.4. The first-order chi connectivity index (χ1) is 18.1. The number of ether oxygens (including phenoxy) is 2. The average molecular weight is 565 g/mol. The molecular weight excluding hydrogens is 531 g/mol. The highest BCUT2D eigenvalue weighted by molar-refractivity contribution is 6.33. The zero-order valence-corrected chi connectivity index (χ0v) is 23.2. The van der Waals surface area contributed by atoms with Crippen LogP contribution in [0.25, 0.3) is 0 Å². The standard InChI is InChI=1S/C27H34Cl2N4O5/c1-4-21(38-25-17(8-7-10-19(25)29)20-12-13-24(35)33-32-20)26(36)30-16-27(2,3)31-23(34)14-15-37-22-11-6-5-9-18(22)28/h5-11,21,23,31,34H,4,12-16H2,1-3H3,(H,30,36)(H,33,35). The zero-order chi connectivity index (χ0) is 27.7. The van der Waals surface area contributed by atoms with Gasteiger partial charge in [-0.1, -0.05) is 48.3 Å². The largest absolute Gasteiger partial charge is 0.492 e. The van der Waals surface area contributed by atoms with Crippen molar-refractivity contribution in [1.82, 2.24) is 16.1 Å². The van der Waals surface area contributed by atoms with Crippen molar-refractivity contribution >= 4 is 40.7 Å². The number of aliphatic hydroxyl groups excluding tert-OH is 1. The minimum atomic E-state index is -0.856. The quantitative estimate of drug-likeness (QED) is 0.272. The molecule has 4 N–H and O–H groups in total. The van der Waals surface area contributed by atoms with Crippen molar-refractivity contribution in [2.24, 2.45) is 5.10 Å². The Bertz CT molecular complexity index is 1160. The fourth-order valence-corrected chi connectivity index (χ4v) is 4.24. The van der Waals surface area contributed by atoms with Crippen LogP contribution in [0.15, 0.2) is 47.6 Å². The van der Waals surface area contributed by atoms with Crippen LogP contribution in [0.3, 0.4) is 0 Å². The van der Waals surface area contributed by atoms with Crippen LogP contribution in [0.5, 0.6) is 11.5 Å². The molecule has 0 aliphatic carbocycles. The Morgan fingerprint density at radius 1 is 1.16 bits per heavy atom. The Kier molecular flexibility index (Phi) is 10.8. The molecule has 0 saturated heterocycles. The molecule has 1 aliphatic heterocycles. The Morgan fingerprint density at radius 3 is 2.58 bits per heavy atom. The van der Waals surface area contributed by atoms with Crippen LogP contribution < -0.4 is 25.5 Å². The average Bonchev–Trinajstić information content (AvgIpc) is 2.88. The molecule has 11 heteroatoms. The normalized spacial score (nSPS) is 15.2. The molecule has 2 aromatic rings. The second kappa shape index (κ2) is 13.8. The van der Waals surface area contributed by atoms with Crippen LogP contribution in [0.2, 0.25) is 10.0 Å². The summed E-state index contributed by atoms with van der Waals surface area (Å²) in [4.78, 5) is 24.5. The third-order valence-electron chi connectivity index (χ3n) is 5.85. The highest BCUT2D eigenvalue weighted by Crippen LogP contribution is 2.32. The number of hydrogen-bond acceptors (Lipinski definition) is 7. The summed E-state index contributed by atoms with van der Waals surface area (Å²) in [6, 6.07) is 12.4. The van der Waals surface area contributed by atoms with Crippen LogP contribution >= 0.6 is 23.2 Å². The van der Waals surface area contributed by atoms with Crippen molar-refractivity contribution < 1.29 is 24.2 Å². The van der Waals surface area contributed by atoms with E-state index in [0.717, 1.165) is 0 Å². The van der Waals surface area contributed by atoms with Crippen molar-refractivity contribution in [2.45, 2.75) is 64.3 Å². The van der Waals surface area contributed by atoms with E-state index in [2.05, 4.69) is 21.2 Å². The van der Waals surface area contributed by atoms with Gasteiger partial charge in [0.25, 0.3) is 5.91 Å². The van der Waals surface area contributed by atoms with Crippen LogP contribution in [-0.4, -0.2) is 53.7 Å². The maximum atomic E-state index is 13.0. The van der Waals surface area contributed by atoms with Crippen molar-refractivity contribution in [3.63, 3.8) is 0 Å². The van der Waals surface area contributed by atoms with E-state index >= 15 is 0 Å². The van der Waals surface area contributed by atoms with Gasteiger partial charge in [0.15, 0.2) is 6.10 Å². The number of amides is 2. The number of benzene rings is 2. The van der Waals surface area contributed by atoms with E-state index in [9.17, 15) is 14.7 Å². The van der Waals surface area contributed by atoms with Crippen molar-refractivity contribution in [2.75, 3.05) is 13.2 Å². The number of rotatable bonds is 13. The van der Waals surface area contributed by atoms with E-state index in [1.165, 1.54) is 0 Å². The van der Waals surface area contributed by atoms with Gasteiger partial charge in [0.05, 0.1) is 22.4 Å². The highest BCUT2D eigenvalue weighted by Gasteiger charge is 2.27. The summed E-state index contributed by atoms with van der Waals surface area (Å²) in [7, 11) is 0. The molecule has 2 atom stereocenters. The topological polar surface area (TPSA) is 121 Å². The molecule has 1 aliphatic rings. The second-order valence-electron chi connectivity index (χ2n) is 9.55. The predicted octanol–water partition coefficient (Wildman–Crippen LogP) is 4.04. The lowest BCUT2D eigenvalue weighted by Crippen LogP contribution is -2.54. The summed E-state index contributed by atoms with van der Waals surface area (Å²) in [5.41, 5.74) is 3.12. The van der Waals surface area contributed by atoms with Crippen LogP contribution in [-0.2, 0) is 9.59 Å². The first-order valence-corrected chi connectivity index (χ1v) is 13.3. The van der Waals surface area contributed by atoms with Gasteiger partial charge in [0, 0.05) is 36.9 Å². The van der Waals surface area contributed by atoms with E-state index < -0.39 is 17.9 Å². The van der Waals surface area contributed by atoms with Gasteiger partial charge >= 0.3 is 0 Å². The number of carbonyl (C=O) groups excluding carboxylic acids is 2. The Hall–Kier alpha value is -2.85. The summed E-state index contributed by atoms with van der Waals surface area (Å²) in [6.45, 7) is 6.08. The van der Waals surface area contributed by atoms with Gasteiger partial charge in [-0.3, -0.25) is 14.9 Å². The summed E-state index contributed by atoms with van der Waals surface area (Å²) in [6.07, 6.45) is -0.194. The minimum Gasteiger partial charge on any atom is -0.492 e. The summed E-state index contributed by atoms with van der Waals surface area (Å²) in [5.74, 6) is 0.431. The van der Waals surface area contributed by atoms with Crippen LogP contribution in [0.1, 0.15) is 52.0 Å². The molecule has 0 saturated carbocycles. The van der Waals surface area contributed by atoms with Crippen LogP contribution in [0.4, 0.5) is 0 Å². The molecule has 0 radical (unpaired) electrons. The SMILES string of the molecule is CCC(Oc1c(Cl)cccc1C1=NNC(=O)CC1)C(=O)NCC(C)(C)NC(O)CCOc1ccccc1Cl. The summed E-state index contributed by atoms with van der Waals surface area (Å²) >= 11 is 12.5. The number of nitrogens with one attached hydrogen (secondary N) is 3. The Balaban J connectivity index is 1.54. The molecule has 206 valence electrons. The highest BCUT2D eigenvalue weighted by atomic mass is 35.5. The third kappa shape index (κ3) is 8.59. The first-order valence-electron chi connectivity index (χ1n) is 12.5. The molecule has 2 unspecified atom stereocenters. The van der Waals surface area contributed by atoms with Crippen molar-refractivity contribution in [3.05, 3.63) is 58.1 Å². The smallest absolute Gasteiger partial charge is 0.261 e. The monoisotopic (exact) mass is 564 g/mol. The number of hydrogen-bond donors (Lipinski definition) is 4. The van der Waals surface area contributed by atoms with Crippen molar-refractivity contribution in [3.8, 4) is 11.5 Å². The molecule has 0 bridgehead atoms. The molecular formula is C27H34Cl2N4O5. The van der Waals surface area contributed by atoms with Crippen molar-refractivity contribution in [1.29, 1.82) is 0 Å². The molecule has 38 heavy (non-hydrogen) atoms. The Labute approximate surface area is 232 Å². The number of halogens is 2. The Morgan fingerprint density at radius 2 is 1.89 bits per heavy atom. The van der Waals surface area contributed by atoms with E-state index in [1.807, 2.05) is 32.9 Å². The number of hydrazone groups is 1. The summed E-state index contributed by atoms with van der Waals surface area (Å²) < 4.78 is 11.7. The molecule has 2 aromatic carbocycles. The third-order valence-corrected chi connectivity index (χ3v) is 6.46. The zero-order valence-electron chi connectivity index (χ0n) is 21.7. The predicted molar refractivity (Wildman–Crippen MR) is 148 cm³/mol. The van der Waals surface area contributed by atoms with Gasteiger partial charge in [-0.2, -0.15) is 5.10 Å². The lowest BCUT2D eigenvalue weighted by atomic mass is 10.0. The van der Waals surface area contributed by atoms with Gasteiger partial charge in [-0.05, 0) is 44.5 Å². The van der Waals surface area contributed by atoms with Gasteiger partial charge < -0.3 is 19.9 Å². The number of carbonyl (C=O) groups is 2. The summed E-state index contributed by atoms with van der Waals surface area (Å²) in [5, 5.41) is 21.4. The van der Waals surface area contributed by atoms with E-state index in [0.29, 0.717) is 58.5 Å². The number of nitrogens with zero attached hydrogens (tertiary/aromatic N) is 1. The number of aliphatic hydroxyl groups is 1. The van der Waals surface area contributed by atoms with Crippen LogP contribution in [0, 0.1) is 0 Å². The van der Waals surface area contributed by atoms with Gasteiger partial charge in [-0.25, -0.2) is 5.43 Å². The first kappa shape index (κ1) is 29.7. The maximum absolute atomic E-state index is 13.0. The van der Waals surface area contributed by atoms with Gasteiger partial charge in [0.2, 0.25) is 5.91 Å². The molecule has 9 nitrogen and oxygen atoms in total. The van der Waals surface area contributed by atoms with Gasteiger partial charge in [0.1, 0.15) is 17.7 Å². The molecule has 0 aromatic heterocycles. The fraction of sp³-hybridized carbons (Fsp3) is 0.444. The maximum Gasteiger partial charge on any atom is 0.261 e. The molecule has 2 amide bonds. The van der Waals surface area contributed by atoms with Gasteiger partial charge in [-0.15, -0.1) is 0 Å². The van der Waals surface area contributed by atoms with E-state index in [1.54, 1.807) is 30.3 Å². The number of para-hydroxylation sites is 2. The minimum absolute atomic E-state index is 0.154. The molecule has 1 heterocycles. The lowest BCUT2D eigenvalue weighted by Gasteiger charge is -2.30. The molecule has 0 fully saturated rings.